The van der Waals surface area contributed by atoms with Gasteiger partial charge in [0.15, 0.2) is 12.4 Å². The first-order chi connectivity index (χ1) is 27.0. The van der Waals surface area contributed by atoms with Gasteiger partial charge < -0.3 is 35.5 Å². The Hall–Kier alpha value is -6.34. The molecule has 0 saturated carbocycles. The number of hydrogen-bond acceptors (Lipinski definition) is 9. The van der Waals surface area contributed by atoms with Gasteiger partial charge in [0.05, 0.1) is 30.6 Å². The van der Waals surface area contributed by atoms with Crippen LogP contribution in [0.25, 0.3) is 10.8 Å². The van der Waals surface area contributed by atoms with Crippen LogP contribution in [0.15, 0.2) is 116 Å². The Morgan fingerprint density at radius 1 is 0.750 bits per heavy atom. The van der Waals surface area contributed by atoms with Crippen LogP contribution in [0.2, 0.25) is 0 Å². The van der Waals surface area contributed by atoms with E-state index in [4.69, 9.17) is 9.47 Å². The SMILES string of the molecule is CC(C)C[C@H](NC(=O)C(Cc1c[nH]cn1)NC(=O)[C@H](Cc1cccc2ccccc12)NC(=O)OCc1ccccc1)[C@@H](O)CC(=O)OCC(=O)c1ccccc1. The fourth-order valence-corrected chi connectivity index (χ4v) is 6.23. The van der Waals surface area contributed by atoms with Gasteiger partial charge in [0.25, 0.3) is 0 Å². The summed E-state index contributed by atoms with van der Waals surface area (Å²) >= 11 is 0. The highest BCUT2D eigenvalue weighted by Crippen LogP contribution is 2.20. The number of aliphatic hydroxyl groups is 1. The number of carbonyl (C=O) groups is 5. The molecule has 1 aromatic heterocycles. The van der Waals surface area contributed by atoms with Gasteiger partial charge >= 0.3 is 12.1 Å². The van der Waals surface area contributed by atoms with Crippen molar-refractivity contribution in [1.29, 1.82) is 0 Å². The Labute approximate surface area is 325 Å². The number of aromatic amines is 1. The van der Waals surface area contributed by atoms with Gasteiger partial charge in [-0.15, -0.1) is 0 Å². The zero-order chi connectivity index (χ0) is 39.9. The molecule has 56 heavy (non-hydrogen) atoms. The molecular weight excluding hydrogens is 715 g/mol. The normalized spacial score (nSPS) is 13.2. The second kappa shape index (κ2) is 20.4. The maximum absolute atomic E-state index is 14.2. The van der Waals surface area contributed by atoms with Gasteiger partial charge in [-0.2, -0.15) is 0 Å². The quantitative estimate of drug-likeness (QED) is 0.0580. The highest BCUT2D eigenvalue weighted by Gasteiger charge is 2.32. The molecule has 13 heteroatoms. The van der Waals surface area contributed by atoms with Gasteiger partial charge in [0, 0.05) is 24.6 Å². The number of nitrogens with one attached hydrogen (secondary N) is 4. The van der Waals surface area contributed by atoms with E-state index in [1.54, 1.807) is 36.5 Å². The third-order valence-electron chi connectivity index (χ3n) is 9.08. The molecule has 0 spiro atoms. The summed E-state index contributed by atoms with van der Waals surface area (Å²) in [6.07, 6.45) is 0.680. The van der Waals surface area contributed by atoms with Crippen LogP contribution >= 0.6 is 0 Å². The fourth-order valence-electron chi connectivity index (χ4n) is 6.23. The van der Waals surface area contributed by atoms with Crippen LogP contribution in [-0.2, 0) is 43.3 Å². The number of aromatic nitrogens is 2. The number of aliphatic hydroxyl groups excluding tert-OH is 1. The van der Waals surface area contributed by atoms with Crippen LogP contribution < -0.4 is 16.0 Å². The van der Waals surface area contributed by atoms with E-state index in [9.17, 15) is 29.1 Å². The van der Waals surface area contributed by atoms with Crippen molar-refractivity contribution >= 4 is 40.4 Å². The summed E-state index contributed by atoms with van der Waals surface area (Å²) < 4.78 is 10.6. The Morgan fingerprint density at radius 3 is 2.12 bits per heavy atom. The van der Waals surface area contributed by atoms with Crippen molar-refractivity contribution in [3.05, 3.63) is 138 Å². The molecule has 0 bridgehead atoms. The summed E-state index contributed by atoms with van der Waals surface area (Å²) in [5.74, 6) is -2.52. The Morgan fingerprint density at radius 2 is 1.41 bits per heavy atom. The summed E-state index contributed by atoms with van der Waals surface area (Å²) in [6.45, 7) is 3.27. The number of amides is 3. The first-order valence-corrected chi connectivity index (χ1v) is 18.5. The van der Waals surface area contributed by atoms with E-state index < -0.39 is 66.9 Å². The molecule has 13 nitrogen and oxygen atoms in total. The van der Waals surface area contributed by atoms with Crippen LogP contribution in [0, 0.1) is 5.92 Å². The minimum atomic E-state index is -1.37. The van der Waals surface area contributed by atoms with Crippen LogP contribution in [0.4, 0.5) is 4.79 Å². The van der Waals surface area contributed by atoms with Gasteiger partial charge in [0.1, 0.15) is 18.7 Å². The molecule has 5 aromatic rings. The number of nitrogens with zero attached hydrogens (tertiary/aromatic N) is 1. The lowest BCUT2D eigenvalue weighted by atomic mass is 9.96. The van der Waals surface area contributed by atoms with E-state index >= 15 is 0 Å². The van der Waals surface area contributed by atoms with Gasteiger partial charge in [-0.05, 0) is 34.2 Å². The van der Waals surface area contributed by atoms with Crippen molar-refractivity contribution in [2.24, 2.45) is 5.92 Å². The first-order valence-electron chi connectivity index (χ1n) is 18.5. The van der Waals surface area contributed by atoms with E-state index in [0.717, 1.165) is 21.9 Å². The van der Waals surface area contributed by atoms with Gasteiger partial charge in [-0.25, -0.2) is 9.78 Å². The molecule has 0 fully saturated rings. The largest absolute Gasteiger partial charge is 0.457 e. The number of esters is 1. The van der Waals surface area contributed by atoms with E-state index in [1.165, 1.54) is 6.33 Å². The molecule has 292 valence electrons. The zero-order valence-corrected chi connectivity index (χ0v) is 31.4. The van der Waals surface area contributed by atoms with Crippen LogP contribution in [0.5, 0.6) is 0 Å². The standard InChI is InChI=1S/C43H47N5O8/c1-28(2)20-35(38(49)23-40(51)55-26-39(50)31-15-7-4-8-16-31)46-42(53)37(22-33-24-44-27-45-33)47-41(52)36(48-43(54)56-25-29-12-5-3-6-13-29)21-32-18-11-17-30-14-9-10-19-34(30)32/h3-19,24,27-28,35-38,49H,20-23,25-26H2,1-2H3,(H,44,45)(H,46,53)(H,47,52)(H,48,54)/t35-,36-,37?,38-/m0/s1. The Kier molecular flexibility index (Phi) is 14.9. The van der Waals surface area contributed by atoms with E-state index in [0.29, 0.717) is 11.3 Å². The van der Waals surface area contributed by atoms with Crippen molar-refractivity contribution in [1.82, 2.24) is 25.9 Å². The number of alkyl carbamates (subject to hydrolysis) is 1. The van der Waals surface area contributed by atoms with Crippen molar-refractivity contribution in [2.75, 3.05) is 6.61 Å². The number of fused-ring (bicyclic) bond motifs is 1. The molecule has 0 aliphatic carbocycles. The van der Waals surface area contributed by atoms with Gasteiger partial charge in [0.2, 0.25) is 11.8 Å². The molecule has 1 heterocycles. The summed E-state index contributed by atoms with van der Waals surface area (Å²) in [7, 11) is 0. The zero-order valence-electron chi connectivity index (χ0n) is 31.4. The summed E-state index contributed by atoms with van der Waals surface area (Å²) in [5.41, 5.74) is 2.41. The van der Waals surface area contributed by atoms with Crippen molar-refractivity contribution in [2.45, 2.75) is 70.4 Å². The third kappa shape index (κ3) is 12.4. The summed E-state index contributed by atoms with van der Waals surface area (Å²) in [6, 6.07) is 27.6. The number of hydrogen-bond donors (Lipinski definition) is 5. The highest BCUT2D eigenvalue weighted by atomic mass is 16.5. The molecule has 0 aliphatic heterocycles. The Balaban J connectivity index is 1.31. The molecule has 0 radical (unpaired) electrons. The Bertz CT molecular complexity index is 2050. The minimum absolute atomic E-state index is 0.0128. The predicted molar refractivity (Wildman–Crippen MR) is 209 cm³/mol. The monoisotopic (exact) mass is 761 g/mol. The maximum Gasteiger partial charge on any atom is 0.408 e. The number of benzene rings is 4. The molecule has 3 amide bonds. The number of rotatable bonds is 19. The average molecular weight is 762 g/mol. The van der Waals surface area contributed by atoms with E-state index in [1.807, 2.05) is 86.6 Å². The lowest BCUT2D eigenvalue weighted by Crippen LogP contribution is -2.57. The second-order valence-electron chi connectivity index (χ2n) is 13.9. The second-order valence-corrected chi connectivity index (χ2v) is 13.9. The lowest BCUT2D eigenvalue weighted by molar-refractivity contribution is -0.145. The van der Waals surface area contributed by atoms with Gasteiger partial charge in [-0.1, -0.05) is 117 Å². The third-order valence-corrected chi connectivity index (χ3v) is 9.08. The molecule has 5 N–H and O–H groups in total. The molecule has 1 unspecified atom stereocenters. The smallest absolute Gasteiger partial charge is 0.408 e. The van der Waals surface area contributed by atoms with Crippen LogP contribution in [0.1, 0.15) is 53.9 Å². The van der Waals surface area contributed by atoms with Crippen LogP contribution in [0.3, 0.4) is 0 Å². The minimum Gasteiger partial charge on any atom is -0.457 e. The number of H-pyrrole nitrogens is 1. The van der Waals surface area contributed by atoms with E-state index in [-0.39, 0.29) is 31.8 Å². The molecule has 0 saturated heterocycles. The highest BCUT2D eigenvalue weighted by molar-refractivity contribution is 5.98. The molecule has 4 atom stereocenters. The number of imidazole rings is 1. The fraction of sp³-hybridized carbons (Fsp3) is 0.302. The van der Waals surface area contributed by atoms with E-state index in [2.05, 4.69) is 25.9 Å². The summed E-state index contributed by atoms with van der Waals surface area (Å²) in [5, 5.41) is 21.4. The number of carbonyl (C=O) groups excluding carboxylic acids is 5. The van der Waals surface area contributed by atoms with Crippen molar-refractivity contribution < 1.29 is 38.6 Å². The molecule has 0 aliphatic rings. The number of ether oxygens (including phenoxy) is 2. The molecule has 5 rings (SSSR count). The number of Topliss-reactive ketones (excluding diaryl/α,β-unsaturated/α-hetero) is 1. The molecule has 4 aromatic carbocycles. The maximum atomic E-state index is 14.2. The lowest BCUT2D eigenvalue weighted by Gasteiger charge is -2.28. The van der Waals surface area contributed by atoms with Crippen molar-refractivity contribution in [3.63, 3.8) is 0 Å². The number of ketones is 1. The first kappa shape index (κ1) is 40.8. The average Bonchev–Trinajstić information content (AvgIpc) is 3.72. The summed E-state index contributed by atoms with van der Waals surface area (Å²) in [4.78, 5) is 73.6. The predicted octanol–water partition coefficient (Wildman–Crippen LogP) is 4.84. The topological polar surface area (TPSA) is 189 Å². The van der Waals surface area contributed by atoms with Crippen molar-refractivity contribution in [3.8, 4) is 0 Å². The molecular formula is C43H47N5O8. The van der Waals surface area contributed by atoms with Crippen LogP contribution in [-0.4, -0.2) is 75.6 Å². The van der Waals surface area contributed by atoms with Gasteiger partial charge in [-0.3, -0.25) is 19.2 Å².